The zero-order valence-corrected chi connectivity index (χ0v) is 15.4. The van der Waals surface area contributed by atoms with Gasteiger partial charge in [0.2, 0.25) is 0 Å². The summed E-state index contributed by atoms with van der Waals surface area (Å²) in [6, 6.07) is 17.7. The number of amides is 1. The molecule has 1 amide bonds. The van der Waals surface area contributed by atoms with Crippen molar-refractivity contribution in [1.29, 1.82) is 0 Å². The Morgan fingerprint density at radius 3 is 2.63 bits per heavy atom. The molecule has 0 aliphatic rings. The number of nitrogens with zero attached hydrogens (tertiary/aromatic N) is 3. The van der Waals surface area contributed by atoms with Gasteiger partial charge in [-0.1, -0.05) is 30.3 Å². The number of nitrogens with one attached hydrogen (secondary N) is 1. The van der Waals surface area contributed by atoms with Crippen molar-refractivity contribution in [1.82, 2.24) is 14.5 Å². The molecule has 1 aromatic carbocycles. The molecule has 0 radical (unpaired) electrons. The summed E-state index contributed by atoms with van der Waals surface area (Å²) in [6.45, 7) is 0.620. The van der Waals surface area contributed by atoms with Gasteiger partial charge in [0.05, 0.1) is 5.69 Å². The predicted molar refractivity (Wildman–Crippen MR) is 107 cm³/mol. The van der Waals surface area contributed by atoms with Crippen molar-refractivity contribution >= 4 is 22.4 Å². The highest BCUT2D eigenvalue weighted by Crippen LogP contribution is 2.19. The molecule has 3 heterocycles. The molecule has 1 N–H and O–H groups in total. The Morgan fingerprint density at radius 1 is 1.00 bits per heavy atom. The molecular weight excluding hydrogens is 356 g/mol. The number of rotatable bonds is 6. The van der Waals surface area contributed by atoms with Crippen LogP contribution in [-0.2, 0) is 13.0 Å². The molecule has 27 heavy (non-hydrogen) atoms. The van der Waals surface area contributed by atoms with Crippen LogP contribution in [-0.4, -0.2) is 20.4 Å². The van der Waals surface area contributed by atoms with E-state index in [9.17, 15) is 4.79 Å². The van der Waals surface area contributed by atoms with E-state index in [1.165, 1.54) is 16.9 Å². The lowest BCUT2D eigenvalue weighted by Crippen LogP contribution is -2.17. The molecule has 0 aliphatic carbocycles. The van der Waals surface area contributed by atoms with E-state index in [1.807, 2.05) is 58.6 Å². The van der Waals surface area contributed by atoms with Crippen LogP contribution < -0.4 is 5.32 Å². The zero-order chi connectivity index (χ0) is 18.5. The van der Waals surface area contributed by atoms with Crippen molar-refractivity contribution in [3.05, 3.63) is 101 Å². The first-order chi connectivity index (χ1) is 13.3. The number of aromatic nitrogens is 3. The summed E-state index contributed by atoms with van der Waals surface area (Å²) in [6.07, 6.45) is 6.16. The largest absolute Gasteiger partial charge is 0.339 e. The first-order valence-electron chi connectivity index (χ1n) is 8.61. The fraction of sp³-hybridized carbons (Fsp3) is 0.0952. The van der Waals surface area contributed by atoms with Gasteiger partial charge in [-0.05, 0) is 35.4 Å². The number of benzene rings is 1. The number of thiazole rings is 1. The van der Waals surface area contributed by atoms with Gasteiger partial charge < -0.3 is 4.57 Å². The molecule has 0 saturated carbocycles. The van der Waals surface area contributed by atoms with Crippen LogP contribution in [0.2, 0.25) is 0 Å². The second kappa shape index (κ2) is 7.97. The van der Waals surface area contributed by atoms with Crippen LogP contribution in [0, 0.1) is 0 Å². The van der Waals surface area contributed by atoms with Crippen molar-refractivity contribution in [3.63, 3.8) is 0 Å². The SMILES string of the molecule is O=C(Nc1nc(Cc2ccccc2)cs1)c1cccn1Cc1ccncc1. The molecule has 134 valence electrons. The van der Waals surface area contributed by atoms with E-state index >= 15 is 0 Å². The first-order valence-corrected chi connectivity index (χ1v) is 9.49. The molecule has 0 atom stereocenters. The van der Waals surface area contributed by atoms with Crippen LogP contribution in [0.4, 0.5) is 5.13 Å². The Labute approximate surface area is 161 Å². The summed E-state index contributed by atoms with van der Waals surface area (Å²) in [5, 5.41) is 5.51. The van der Waals surface area contributed by atoms with Crippen LogP contribution in [0.5, 0.6) is 0 Å². The normalized spacial score (nSPS) is 10.7. The standard InChI is InChI=1S/C21H18N4OS/c26-20(19-7-4-12-25(19)14-17-8-10-22-11-9-17)24-21-23-18(15-27-21)13-16-5-2-1-3-6-16/h1-12,15H,13-14H2,(H,23,24,26). The van der Waals surface area contributed by atoms with Gasteiger partial charge in [-0.15, -0.1) is 11.3 Å². The minimum absolute atomic E-state index is 0.158. The van der Waals surface area contributed by atoms with E-state index in [1.54, 1.807) is 12.4 Å². The maximum Gasteiger partial charge on any atom is 0.274 e. The zero-order valence-electron chi connectivity index (χ0n) is 14.6. The van der Waals surface area contributed by atoms with Gasteiger partial charge in [0.15, 0.2) is 5.13 Å². The van der Waals surface area contributed by atoms with Crippen LogP contribution in [0.1, 0.15) is 27.3 Å². The Balaban J connectivity index is 1.44. The highest BCUT2D eigenvalue weighted by molar-refractivity contribution is 7.14. The maximum absolute atomic E-state index is 12.7. The Bertz CT molecular complexity index is 1020. The monoisotopic (exact) mass is 374 g/mol. The molecule has 4 rings (SSSR count). The van der Waals surface area contributed by atoms with Gasteiger partial charge in [-0.25, -0.2) is 4.98 Å². The van der Waals surface area contributed by atoms with Gasteiger partial charge in [0.1, 0.15) is 5.69 Å². The van der Waals surface area contributed by atoms with Gasteiger partial charge in [0.25, 0.3) is 5.91 Å². The molecule has 5 nitrogen and oxygen atoms in total. The van der Waals surface area contributed by atoms with Gasteiger partial charge in [0, 0.05) is 36.9 Å². The third-order valence-electron chi connectivity index (χ3n) is 4.16. The van der Waals surface area contributed by atoms with Crippen molar-refractivity contribution in [2.24, 2.45) is 0 Å². The van der Waals surface area contributed by atoms with E-state index in [2.05, 4.69) is 27.4 Å². The maximum atomic E-state index is 12.7. The number of anilines is 1. The lowest BCUT2D eigenvalue weighted by atomic mass is 10.1. The van der Waals surface area contributed by atoms with Crippen LogP contribution >= 0.6 is 11.3 Å². The fourth-order valence-corrected chi connectivity index (χ4v) is 3.56. The second-order valence-corrected chi connectivity index (χ2v) is 7.00. The minimum Gasteiger partial charge on any atom is -0.339 e. The van der Waals surface area contributed by atoms with Crippen LogP contribution in [0.25, 0.3) is 0 Å². The van der Waals surface area contributed by atoms with E-state index < -0.39 is 0 Å². The Morgan fingerprint density at radius 2 is 1.81 bits per heavy atom. The van der Waals surface area contributed by atoms with Gasteiger partial charge in [-0.3, -0.25) is 15.1 Å². The number of carbonyl (C=O) groups excluding carboxylic acids is 1. The van der Waals surface area contributed by atoms with E-state index in [0.29, 0.717) is 17.4 Å². The van der Waals surface area contributed by atoms with Crippen LogP contribution in [0.3, 0.4) is 0 Å². The Hall–Kier alpha value is -3.25. The molecule has 3 aromatic heterocycles. The topological polar surface area (TPSA) is 59.8 Å². The highest BCUT2D eigenvalue weighted by atomic mass is 32.1. The quantitative estimate of drug-likeness (QED) is 0.549. The van der Waals surface area contributed by atoms with Crippen molar-refractivity contribution in [2.75, 3.05) is 5.32 Å². The lowest BCUT2D eigenvalue weighted by molar-refractivity contribution is 0.101. The third kappa shape index (κ3) is 4.30. The average molecular weight is 374 g/mol. The van der Waals surface area contributed by atoms with Crippen molar-refractivity contribution < 1.29 is 4.79 Å². The molecule has 0 spiro atoms. The summed E-state index contributed by atoms with van der Waals surface area (Å²) in [4.78, 5) is 21.2. The number of hydrogen-bond donors (Lipinski definition) is 1. The highest BCUT2D eigenvalue weighted by Gasteiger charge is 2.13. The van der Waals surface area contributed by atoms with E-state index in [-0.39, 0.29) is 5.91 Å². The average Bonchev–Trinajstić information content (AvgIpc) is 3.33. The van der Waals surface area contributed by atoms with Crippen LogP contribution in [0.15, 0.2) is 78.6 Å². The van der Waals surface area contributed by atoms with Crippen molar-refractivity contribution in [3.8, 4) is 0 Å². The van der Waals surface area contributed by atoms with Crippen molar-refractivity contribution in [2.45, 2.75) is 13.0 Å². The summed E-state index contributed by atoms with van der Waals surface area (Å²) < 4.78 is 1.92. The minimum atomic E-state index is -0.158. The van der Waals surface area contributed by atoms with Gasteiger partial charge in [-0.2, -0.15) is 0 Å². The molecular formula is C21H18N4OS. The molecule has 0 saturated heterocycles. The molecule has 4 aromatic rings. The fourth-order valence-electron chi connectivity index (χ4n) is 2.85. The molecule has 0 bridgehead atoms. The lowest BCUT2D eigenvalue weighted by Gasteiger charge is -2.08. The molecule has 6 heteroatoms. The molecule has 0 unspecified atom stereocenters. The summed E-state index contributed by atoms with van der Waals surface area (Å²) in [5.74, 6) is -0.158. The Kier molecular flexibility index (Phi) is 5.07. The second-order valence-electron chi connectivity index (χ2n) is 6.14. The predicted octanol–water partition coefficient (Wildman–Crippen LogP) is 4.23. The summed E-state index contributed by atoms with van der Waals surface area (Å²) in [5.41, 5.74) is 3.85. The number of hydrogen-bond acceptors (Lipinski definition) is 4. The smallest absolute Gasteiger partial charge is 0.274 e. The number of pyridine rings is 1. The molecule has 0 aliphatic heterocycles. The first kappa shape index (κ1) is 17.2. The molecule has 0 fully saturated rings. The summed E-state index contributed by atoms with van der Waals surface area (Å²) >= 11 is 1.44. The van der Waals surface area contributed by atoms with E-state index in [0.717, 1.165) is 17.7 Å². The number of carbonyl (C=O) groups is 1. The third-order valence-corrected chi connectivity index (χ3v) is 4.97. The summed E-state index contributed by atoms with van der Waals surface area (Å²) in [7, 11) is 0. The van der Waals surface area contributed by atoms with Gasteiger partial charge >= 0.3 is 0 Å². The van der Waals surface area contributed by atoms with E-state index in [4.69, 9.17) is 0 Å².